The molecular formula is C30H36ClN3O5S. The van der Waals surface area contributed by atoms with Gasteiger partial charge < -0.3 is 15.0 Å². The summed E-state index contributed by atoms with van der Waals surface area (Å²) in [7, 11) is -2.76. The zero-order chi connectivity index (χ0) is 29.3. The number of hydrogen-bond acceptors (Lipinski definition) is 5. The summed E-state index contributed by atoms with van der Waals surface area (Å²) in [6.45, 7) is 5.43. The number of benzene rings is 3. The van der Waals surface area contributed by atoms with Crippen LogP contribution in [0.25, 0.3) is 0 Å². The van der Waals surface area contributed by atoms with Gasteiger partial charge in [-0.15, -0.1) is 0 Å². The number of methoxy groups -OCH3 is 1. The van der Waals surface area contributed by atoms with Crippen LogP contribution in [-0.2, 0) is 26.2 Å². The summed E-state index contributed by atoms with van der Waals surface area (Å²) in [5.74, 6) is -0.618. The van der Waals surface area contributed by atoms with Crippen molar-refractivity contribution in [2.45, 2.75) is 51.1 Å². The number of nitrogens with one attached hydrogen (secondary N) is 1. The Hall–Kier alpha value is -3.56. The summed E-state index contributed by atoms with van der Waals surface area (Å²) < 4.78 is 34.4. The first-order chi connectivity index (χ1) is 19.1. The molecule has 0 bridgehead atoms. The van der Waals surface area contributed by atoms with Crippen LogP contribution in [0.1, 0.15) is 37.8 Å². The second kappa shape index (κ2) is 14.2. The number of rotatable bonds is 13. The van der Waals surface area contributed by atoms with Gasteiger partial charge in [0.25, 0.3) is 10.0 Å². The number of ether oxygens (including phenoxy) is 1. The van der Waals surface area contributed by atoms with Crippen molar-refractivity contribution in [1.29, 1.82) is 0 Å². The fraction of sp³-hybridized carbons (Fsp3) is 0.333. The van der Waals surface area contributed by atoms with E-state index in [9.17, 15) is 18.0 Å². The van der Waals surface area contributed by atoms with E-state index < -0.39 is 28.5 Å². The molecule has 0 saturated heterocycles. The third-order valence-corrected chi connectivity index (χ3v) is 8.68. The van der Waals surface area contributed by atoms with E-state index in [0.29, 0.717) is 17.1 Å². The minimum absolute atomic E-state index is 0.0191. The van der Waals surface area contributed by atoms with Crippen LogP contribution in [-0.4, -0.2) is 51.4 Å². The monoisotopic (exact) mass is 585 g/mol. The SMILES string of the molecule is CCCCNC(=O)C(C)N(Cc1ccccc1Cl)C(=O)CN(c1ccccc1OC)S(=O)(=O)c1ccc(C)cc1. The molecule has 40 heavy (non-hydrogen) atoms. The summed E-state index contributed by atoms with van der Waals surface area (Å²) in [5.41, 5.74) is 1.74. The highest BCUT2D eigenvalue weighted by molar-refractivity contribution is 7.92. The minimum atomic E-state index is -4.20. The maximum atomic E-state index is 14.0. The lowest BCUT2D eigenvalue weighted by Gasteiger charge is -2.32. The molecule has 8 nitrogen and oxygen atoms in total. The Balaban J connectivity index is 2.05. The Morgan fingerprint density at radius 1 is 1.00 bits per heavy atom. The highest BCUT2D eigenvalue weighted by Crippen LogP contribution is 2.32. The molecule has 10 heteroatoms. The molecule has 0 saturated carbocycles. The van der Waals surface area contributed by atoms with Gasteiger partial charge in [0.1, 0.15) is 18.3 Å². The van der Waals surface area contributed by atoms with Crippen molar-refractivity contribution in [1.82, 2.24) is 10.2 Å². The molecular weight excluding hydrogens is 550 g/mol. The summed E-state index contributed by atoms with van der Waals surface area (Å²) in [4.78, 5) is 28.4. The number of amides is 2. The lowest BCUT2D eigenvalue weighted by molar-refractivity contribution is -0.139. The van der Waals surface area contributed by atoms with Crippen LogP contribution in [0.5, 0.6) is 5.75 Å². The van der Waals surface area contributed by atoms with Crippen LogP contribution in [0.4, 0.5) is 5.69 Å². The molecule has 0 aliphatic carbocycles. The fourth-order valence-corrected chi connectivity index (χ4v) is 5.74. The van der Waals surface area contributed by atoms with E-state index in [2.05, 4.69) is 5.32 Å². The maximum Gasteiger partial charge on any atom is 0.264 e. The Morgan fingerprint density at radius 3 is 2.30 bits per heavy atom. The van der Waals surface area contributed by atoms with Crippen molar-refractivity contribution < 1.29 is 22.7 Å². The Labute approximate surface area is 241 Å². The van der Waals surface area contributed by atoms with E-state index in [1.165, 1.54) is 24.1 Å². The van der Waals surface area contributed by atoms with Gasteiger partial charge >= 0.3 is 0 Å². The van der Waals surface area contributed by atoms with Crippen molar-refractivity contribution in [3.63, 3.8) is 0 Å². The van der Waals surface area contributed by atoms with Gasteiger partial charge in [0.05, 0.1) is 17.7 Å². The molecule has 1 atom stereocenters. The van der Waals surface area contributed by atoms with E-state index in [-0.39, 0.29) is 28.8 Å². The van der Waals surface area contributed by atoms with Gasteiger partial charge in [-0.25, -0.2) is 8.42 Å². The molecule has 3 aromatic rings. The van der Waals surface area contributed by atoms with Crippen molar-refractivity contribution in [3.8, 4) is 5.75 Å². The standard InChI is InChI=1S/C30H36ClN3O5S/c1-5-6-19-32-30(36)23(3)33(20-24-11-7-8-12-26(24)31)29(35)21-34(27-13-9-10-14-28(27)39-4)40(37,38)25-17-15-22(2)16-18-25/h7-18,23H,5-6,19-21H2,1-4H3,(H,32,36). The van der Waals surface area contributed by atoms with Gasteiger partial charge in [-0.3, -0.25) is 13.9 Å². The number of nitrogens with zero attached hydrogens (tertiary/aromatic N) is 2. The number of para-hydroxylation sites is 2. The number of carbonyl (C=O) groups excluding carboxylic acids is 2. The van der Waals surface area contributed by atoms with Gasteiger partial charge in [0, 0.05) is 18.1 Å². The molecule has 0 spiro atoms. The molecule has 0 aliphatic rings. The molecule has 0 aliphatic heterocycles. The average Bonchev–Trinajstić information content (AvgIpc) is 2.95. The van der Waals surface area contributed by atoms with Gasteiger partial charge in [-0.05, 0) is 56.2 Å². The summed E-state index contributed by atoms with van der Waals surface area (Å²) in [6, 6.07) is 19.1. The molecule has 214 valence electrons. The van der Waals surface area contributed by atoms with Crippen LogP contribution in [0.3, 0.4) is 0 Å². The molecule has 0 aromatic heterocycles. The van der Waals surface area contributed by atoms with Crippen LogP contribution >= 0.6 is 11.6 Å². The van der Waals surface area contributed by atoms with Gasteiger partial charge in [-0.2, -0.15) is 0 Å². The van der Waals surface area contributed by atoms with Crippen molar-refractivity contribution in [3.05, 3.63) is 88.9 Å². The first-order valence-corrected chi connectivity index (χ1v) is 14.9. The van der Waals surface area contributed by atoms with Crippen molar-refractivity contribution in [2.24, 2.45) is 0 Å². The summed E-state index contributed by atoms with van der Waals surface area (Å²) in [5, 5.41) is 3.30. The third kappa shape index (κ3) is 7.55. The average molecular weight is 586 g/mol. The molecule has 1 unspecified atom stereocenters. The van der Waals surface area contributed by atoms with E-state index >= 15 is 0 Å². The molecule has 0 fully saturated rings. The van der Waals surface area contributed by atoms with Crippen molar-refractivity contribution >= 4 is 39.1 Å². The largest absolute Gasteiger partial charge is 0.495 e. The lowest BCUT2D eigenvalue weighted by atomic mass is 10.1. The quantitative estimate of drug-likeness (QED) is 0.279. The molecule has 0 radical (unpaired) electrons. The third-order valence-electron chi connectivity index (χ3n) is 6.54. The Kier molecular flexibility index (Phi) is 11.0. The first-order valence-electron chi connectivity index (χ1n) is 13.1. The fourth-order valence-electron chi connectivity index (χ4n) is 4.12. The number of anilines is 1. The zero-order valence-electron chi connectivity index (χ0n) is 23.3. The second-order valence-corrected chi connectivity index (χ2v) is 11.7. The highest BCUT2D eigenvalue weighted by Gasteiger charge is 2.33. The van der Waals surface area contributed by atoms with E-state index in [4.69, 9.17) is 16.3 Å². The number of sulfonamides is 1. The minimum Gasteiger partial charge on any atom is -0.495 e. The van der Waals surface area contributed by atoms with Crippen LogP contribution < -0.4 is 14.4 Å². The summed E-state index contributed by atoms with van der Waals surface area (Å²) >= 11 is 6.40. The molecule has 3 aromatic carbocycles. The predicted octanol–water partition coefficient (Wildman–Crippen LogP) is 5.19. The van der Waals surface area contributed by atoms with E-state index in [1.54, 1.807) is 67.6 Å². The van der Waals surface area contributed by atoms with Gasteiger partial charge in [-0.1, -0.05) is 73.0 Å². The molecule has 1 N–H and O–H groups in total. The number of halogens is 1. The van der Waals surface area contributed by atoms with E-state index in [0.717, 1.165) is 22.7 Å². The summed E-state index contributed by atoms with van der Waals surface area (Å²) in [6.07, 6.45) is 1.70. The van der Waals surface area contributed by atoms with Crippen LogP contribution in [0.15, 0.2) is 77.7 Å². The molecule has 0 heterocycles. The van der Waals surface area contributed by atoms with E-state index in [1.807, 2.05) is 13.8 Å². The van der Waals surface area contributed by atoms with Crippen LogP contribution in [0, 0.1) is 6.92 Å². The lowest BCUT2D eigenvalue weighted by Crippen LogP contribution is -2.51. The predicted molar refractivity (Wildman–Crippen MR) is 158 cm³/mol. The van der Waals surface area contributed by atoms with Crippen LogP contribution in [0.2, 0.25) is 5.02 Å². The topological polar surface area (TPSA) is 96.0 Å². The Morgan fingerprint density at radius 2 is 1.65 bits per heavy atom. The van der Waals surface area contributed by atoms with Gasteiger partial charge in [0.2, 0.25) is 11.8 Å². The smallest absolute Gasteiger partial charge is 0.264 e. The number of unbranched alkanes of at least 4 members (excludes halogenated alkanes) is 1. The number of hydrogen-bond donors (Lipinski definition) is 1. The molecule has 3 rings (SSSR count). The number of carbonyl (C=O) groups is 2. The first kappa shape index (κ1) is 31.0. The van der Waals surface area contributed by atoms with Gasteiger partial charge in [0.15, 0.2) is 0 Å². The van der Waals surface area contributed by atoms with Crippen molar-refractivity contribution in [2.75, 3.05) is 24.5 Å². The zero-order valence-corrected chi connectivity index (χ0v) is 24.8. The normalized spacial score (nSPS) is 11.9. The number of aryl methyl sites for hydroxylation is 1. The highest BCUT2D eigenvalue weighted by atomic mass is 35.5. The maximum absolute atomic E-state index is 14.0. The Bertz CT molecular complexity index is 1410. The second-order valence-electron chi connectivity index (χ2n) is 9.43. The molecule has 2 amide bonds.